The number of sulfonamides is 1. The van der Waals surface area contributed by atoms with Crippen molar-refractivity contribution in [2.45, 2.75) is 23.4 Å². The highest BCUT2D eigenvalue weighted by molar-refractivity contribution is 7.89. The quantitative estimate of drug-likeness (QED) is 0.587. The van der Waals surface area contributed by atoms with E-state index in [-0.39, 0.29) is 23.5 Å². The molecule has 34 heavy (non-hydrogen) atoms. The van der Waals surface area contributed by atoms with Crippen LogP contribution in [-0.2, 0) is 10.0 Å². The zero-order chi connectivity index (χ0) is 23.9. The molecule has 3 heterocycles. The molecule has 3 atom stereocenters. The van der Waals surface area contributed by atoms with Crippen molar-refractivity contribution in [3.05, 3.63) is 89.5 Å². The highest BCUT2D eigenvalue weighted by Gasteiger charge is 2.50. The number of fused-ring (bicyclic) bond motifs is 3. The normalized spacial score (nSPS) is 22.0. The van der Waals surface area contributed by atoms with E-state index in [1.54, 1.807) is 12.4 Å². The number of anilines is 1. The van der Waals surface area contributed by atoms with Gasteiger partial charge < -0.3 is 10.0 Å². The Morgan fingerprint density at radius 3 is 2.59 bits per heavy atom. The van der Waals surface area contributed by atoms with E-state index in [4.69, 9.17) is 0 Å². The van der Waals surface area contributed by atoms with Crippen LogP contribution in [0, 0.1) is 23.6 Å². The van der Waals surface area contributed by atoms with E-state index in [1.165, 1.54) is 16.4 Å². The summed E-state index contributed by atoms with van der Waals surface area (Å²) in [5.41, 5.74) is 3.28. The Bertz CT molecular complexity index is 1370. The third-order valence-electron chi connectivity index (χ3n) is 6.74. The molecular formula is C26H24FN3O3S. The average molecular weight is 478 g/mol. The second-order valence-corrected chi connectivity index (χ2v) is 10.5. The summed E-state index contributed by atoms with van der Waals surface area (Å²) in [7, 11) is -1.94. The Kier molecular flexibility index (Phi) is 5.86. The molecule has 6 nitrogen and oxygen atoms in total. The zero-order valence-electron chi connectivity index (χ0n) is 18.6. The minimum absolute atomic E-state index is 0.0584. The van der Waals surface area contributed by atoms with E-state index in [9.17, 15) is 17.9 Å². The van der Waals surface area contributed by atoms with E-state index < -0.39 is 21.9 Å². The van der Waals surface area contributed by atoms with Gasteiger partial charge >= 0.3 is 0 Å². The van der Waals surface area contributed by atoms with Crippen molar-refractivity contribution in [2.24, 2.45) is 5.92 Å². The molecule has 2 aliphatic heterocycles. The van der Waals surface area contributed by atoms with Gasteiger partial charge in [0.1, 0.15) is 5.82 Å². The average Bonchev–Trinajstić information content (AvgIpc) is 3.30. The number of aromatic nitrogens is 1. The molecule has 0 radical (unpaired) electrons. The Morgan fingerprint density at radius 1 is 1.12 bits per heavy atom. The molecule has 8 heteroatoms. The molecule has 5 rings (SSSR count). The number of hydrogen-bond donors (Lipinski definition) is 1. The summed E-state index contributed by atoms with van der Waals surface area (Å²) in [6.45, 7) is 0.245. The molecule has 0 amide bonds. The lowest BCUT2D eigenvalue weighted by Gasteiger charge is -2.44. The van der Waals surface area contributed by atoms with E-state index in [1.807, 2.05) is 42.3 Å². The van der Waals surface area contributed by atoms with Crippen LogP contribution in [-0.4, -0.2) is 49.1 Å². The lowest BCUT2D eigenvalue weighted by molar-refractivity contribution is 0.193. The largest absolute Gasteiger partial charge is 0.394 e. The molecule has 0 spiro atoms. The van der Waals surface area contributed by atoms with Crippen molar-refractivity contribution in [1.82, 2.24) is 9.29 Å². The number of halogens is 1. The number of nitrogens with zero attached hydrogens (tertiary/aromatic N) is 3. The maximum absolute atomic E-state index is 13.6. The first kappa shape index (κ1) is 22.5. The molecule has 0 aliphatic carbocycles. The number of aliphatic hydroxyl groups is 1. The van der Waals surface area contributed by atoms with Crippen LogP contribution in [0.2, 0.25) is 0 Å². The van der Waals surface area contributed by atoms with Crippen LogP contribution in [0.4, 0.5) is 10.1 Å². The molecule has 174 valence electrons. The molecule has 1 N–H and O–H groups in total. The minimum atomic E-state index is -3.86. The van der Waals surface area contributed by atoms with Crippen LogP contribution in [0.1, 0.15) is 29.2 Å². The van der Waals surface area contributed by atoms with Crippen molar-refractivity contribution < 1.29 is 17.9 Å². The first-order valence-electron chi connectivity index (χ1n) is 11.1. The van der Waals surface area contributed by atoms with Gasteiger partial charge in [0.2, 0.25) is 10.0 Å². The van der Waals surface area contributed by atoms with E-state index in [2.05, 4.69) is 16.8 Å². The first-order valence-corrected chi connectivity index (χ1v) is 12.5. The van der Waals surface area contributed by atoms with Crippen LogP contribution < -0.4 is 4.90 Å². The highest BCUT2D eigenvalue weighted by Crippen LogP contribution is 2.50. The molecule has 2 aliphatic rings. The molecule has 2 aromatic carbocycles. The van der Waals surface area contributed by atoms with E-state index >= 15 is 0 Å². The second kappa shape index (κ2) is 8.84. The van der Waals surface area contributed by atoms with Crippen molar-refractivity contribution in [2.75, 3.05) is 25.1 Å². The smallest absolute Gasteiger partial charge is 0.243 e. The molecule has 0 unspecified atom stereocenters. The van der Waals surface area contributed by atoms with Crippen molar-refractivity contribution in [3.8, 4) is 11.8 Å². The minimum Gasteiger partial charge on any atom is -0.394 e. The van der Waals surface area contributed by atoms with Gasteiger partial charge in [0.05, 0.1) is 23.6 Å². The van der Waals surface area contributed by atoms with Gasteiger partial charge in [-0.2, -0.15) is 4.31 Å². The summed E-state index contributed by atoms with van der Waals surface area (Å²) in [4.78, 5) is 6.17. The Hall–Kier alpha value is -3.25. The number of benzene rings is 2. The van der Waals surface area contributed by atoms with Crippen molar-refractivity contribution >= 4 is 15.7 Å². The summed E-state index contributed by atoms with van der Waals surface area (Å²) in [6.07, 6.45) is 3.99. The summed E-state index contributed by atoms with van der Waals surface area (Å²) in [5.74, 6) is 5.68. The molecule has 0 bridgehead atoms. The Labute approximate surface area is 198 Å². The van der Waals surface area contributed by atoms with Gasteiger partial charge in [-0.15, -0.1) is 0 Å². The topological polar surface area (TPSA) is 73.7 Å². The molecule has 1 fully saturated rings. The maximum Gasteiger partial charge on any atom is 0.243 e. The van der Waals surface area contributed by atoms with Gasteiger partial charge in [-0.25, -0.2) is 12.8 Å². The number of hydrogen-bond acceptors (Lipinski definition) is 5. The second-order valence-electron chi connectivity index (χ2n) is 8.59. The fourth-order valence-electron chi connectivity index (χ4n) is 5.08. The summed E-state index contributed by atoms with van der Waals surface area (Å²) in [5, 5.41) is 10.2. The molecular weight excluding hydrogens is 453 g/mol. The van der Waals surface area contributed by atoms with E-state index in [0.29, 0.717) is 13.0 Å². The van der Waals surface area contributed by atoms with Gasteiger partial charge in [-0.05, 0) is 66.6 Å². The number of aliphatic hydroxyl groups excluding tert-OH is 1. The summed E-state index contributed by atoms with van der Waals surface area (Å²) < 4.78 is 42.1. The number of pyridine rings is 1. The monoisotopic (exact) mass is 477 g/mol. The molecule has 3 aromatic rings. The standard InChI is InChI=1S/C26H24FN3O3S/c1-29-24-11-6-18(4-5-19-3-2-13-28-16-19)15-23(24)26-22(25(29)17-31)12-14-30(26)34(32,33)21-9-7-20(27)8-10-21/h2-3,6-11,13,15-16,22,25-26,31H,12,14,17H2,1H3/t22-,25+,26-/m1/s1. The van der Waals surface area contributed by atoms with Crippen LogP contribution in [0.25, 0.3) is 0 Å². The van der Waals surface area contributed by atoms with Crippen LogP contribution >= 0.6 is 0 Å². The zero-order valence-corrected chi connectivity index (χ0v) is 19.4. The lowest BCUT2D eigenvalue weighted by Crippen LogP contribution is -2.48. The van der Waals surface area contributed by atoms with Crippen LogP contribution in [0.5, 0.6) is 0 Å². The molecule has 1 saturated heterocycles. The predicted molar refractivity (Wildman–Crippen MR) is 127 cm³/mol. The van der Waals surface area contributed by atoms with Gasteiger partial charge in [-0.3, -0.25) is 4.98 Å². The fraction of sp³-hybridized carbons (Fsp3) is 0.269. The first-order chi connectivity index (χ1) is 16.4. The van der Waals surface area contributed by atoms with Gasteiger partial charge in [0.15, 0.2) is 0 Å². The third-order valence-corrected chi connectivity index (χ3v) is 8.63. The Morgan fingerprint density at radius 2 is 1.88 bits per heavy atom. The fourth-order valence-corrected chi connectivity index (χ4v) is 6.75. The van der Waals surface area contributed by atoms with Crippen LogP contribution in [0.3, 0.4) is 0 Å². The van der Waals surface area contributed by atoms with Gasteiger partial charge in [0, 0.05) is 48.7 Å². The number of likely N-dealkylation sites (N-methyl/N-ethyl adjacent to an activating group) is 1. The van der Waals surface area contributed by atoms with Gasteiger partial charge in [0.25, 0.3) is 0 Å². The molecule has 0 saturated carbocycles. The van der Waals surface area contributed by atoms with Gasteiger partial charge in [-0.1, -0.05) is 11.8 Å². The SMILES string of the molecule is CN1c2ccc(C#Cc3cccnc3)cc2[C@H]2[C@H](CCN2S(=O)(=O)c2ccc(F)cc2)[C@@H]1CO. The highest BCUT2D eigenvalue weighted by atomic mass is 32.2. The van der Waals surface area contributed by atoms with E-state index in [0.717, 1.165) is 34.5 Å². The number of rotatable bonds is 3. The Balaban J connectivity index is 1.59. The lowest BCUT2D eigenvalue weighted by atomic mass is 9.82. The van der Waals surface area contributed by atoms with Crippen LogP contribution in [0.15, 0.2) is 71.9 Å². The predicted octanol–water partition coefficient (Wildman–Crippen LogP) is 3.18. The maximum atomic E-state index is 13.6. The van der Waals surface area contributed by atoms with Crippen molar-refractivity contribution in [1.29, 1.82) is 0 Å². The third kappa shape index (κ3) is 3.86. The van der Waals surface area contributed by atoms with Crippen molar-refractivity contribution in [3.63, 3.8) is 0 Å². The summed E-state index contributed by atoms with van der Waals surface area (Å²) >= 11 is 0. The molecule has 1 aromatic heterocycles. The summed E-state index contributed by atoms with van der Waals surface area (Å²) in [6, 6.07) is 13.7.